The second-order valence-corrected chi connectivity index (χ2v) is 4.93. The summed E-state index contributed by atoms with van der Waals surface area (Å²) in [5.41, 5.74) is 7.04. The predicted octanol–water partition coefficient (Wildman–Crippen LogP) is 2.10. The zero-order valence-electron chi connectivity index (χ0n) is 9.10. The molecule has 1 aliphatic heterocycles. The first-order valence-corrected chi connectivity index (χ1v) is 5.90. The van der Waals surface area contributed by atoms with Gasteiger partial charge in [-0.15, -0.1) is 0 Å². The molecule has 0 bridgehead atoms. The molecule has 0 aliphatic carbocycles. The Morgan fingerprint density at radius 1 is 1.38 bits per heavy atom. The second-order valence-electron chi connectivity index (χ2n) is 4.52. The van der Waals surface area contributed by atoms with Crippen molar-refractivity contribution >= 4 is 11.6 Å². The first kappa shape index (κ1) is 11.8. The Kier molecular flexibility index (Phi) is 3.47. The lowest BCUT2D eigenvalue weighted by Gasteiger charge is -2.34. The largest absolute Gasteiger partial charge is 0.325 e. The van der Waals surface area contributed by atoms with E-state index in [2.05, 4.69) is 5.32 Å². The van der Waals surface area contributed by atoms with Gasteiger partial charge in [0.15, 0.2) is 0 Å². The molecule has 4 heteroatoms. The molecular formula is C12H16ClFN2. The van der Waals surface area contributed by atoms with Crippen LogP contribution in [0.15, 0.2) is 18.2 Å². The predicted molar refractivity (Wildman–Crippen MR) is 64.1 cm³/mol. The molecule has 16 heavy (non-hydrogen) atoms. The summed E-state index contributed by atoms with van der Waals surface area (Å²) in [6.45, 7) is 1.88. The summed E-state index contributed by atoms with van der Waals surface area (Å²) >= 11 is 6.00. The third-order valence-electron chi connectivity index (χ3n) is 3.16. The van der Waals surface area contributed by atoms with Crippen molar-refractivity contribution in [1.29, 1.82) is 0 Å². The molecule has 1 saturated heterocycles. The Hall–Kier alpha value is -0.640. The standard InChI is InChI=1S/C12H16ClFN2/c13-11-7-10(14)2-1-9(11)8-12(15)3-5-16-6-4-12/h1-2,7,16H,3-6,8,15H2. The van der Waals surface area contributed by atoms with Crippen LogP contribution in [0.1, 0.15) is 18.4 Å². The van der Waals surface area contributed by atoms with Crippen molar-refractivity contribution < 1.29 is 4.39 Å². The number of benzene rings is 1. The zero-order chi connectivity index (χ0) is 11.6. The molecule has 0 aromatic heterocycles. The minimum Gasteiger partial charge on any atom is -0.325 e. The number of nitrogens with one attached hydrogen (secondary N) is 1. The highest BCUT2D eigenvalue weighted by Gasteiger charge is 2.28. The molecule has 1 aliphatic rings. The molecule has 1 fully saturated rings. The Labute approximate surface area is 100.0 Å². The third-order valence-corrected chi connectivity index (χ3v) is 3.51. The van der Waals surface area contributed by atoms with E-state index >= 15 is 0 Å². The van der Waals surface area contributed by atoms with Crippen LogP contribution in [0.4, 0.5) is 4.39 Å². The van der Waals surface area contributed by atoms with Crippen molar-refractivity contribution in [2.45, 2.75) is 24.8 Å². The number of rotatable bonds is 2. The van der Waals surface area contributed by atoms with Crippen molar-refractivity contribution in [3.63, 3.8) is 0 Å². The summed E-state index contributed by atoms with van der Waals surface area (Å²) in [4.78, 5) is 0. The first-order chi connectivity index (χ1) is 7.59. The fourth-order valence-electron chi connectivity index (χ4n) is 2.15. The first-order valence-electron chi connectivity index (χ1n) is 5.53. The van der Waals surface area contributed by atoms with Gasteiger partial charge < -0.3 is 11.1 Å². The van der Waals surface area contributed by atoms with Crippen molar-refractivity contribution in [2.24, 2.45) is 5.73 Å². The van der Waals surface area contributed by atoms with E-state index in [1.165, 1.54) is 12.1 Å². The van der Waals surface area contributed by atoms with Crippen LogP contribution >= 0.6 is 11.6 Å². The highest BCUT2D eigenvalue weighted by Crippen LogP contribution is 2.25. The average molecular weight is 243 g/mol. The maximum absolute atomic E-state index is 12.9. The van der Waals surface area contributed by atoms with Crippen LogP contribution in [-0.4, -0.2) is 18.6 Å². The maximum Gasteiger partial charge on any atom is 0.124 e. The molecule has 1 aromatic carbocycles. The fraction of sp³-hybridized carbons (Fsp3) is 0.500. The van der Waals surface area contributed by atoms with Gasteiger partial charge in [-0.25, -0.2) is 4.39 Å². The SMILES string of the molecule is NC1(Cc2ccc(F)cc2Cl)CCNCC1. The smallest absolute Gasteiger partial charge is 0.124 e. The molecule has 0 spiro atoms. The molecule has 2 nitrogen and oxygen atoms in total. The van der Waals surface area contributed by atoms with Gasteiger partial charge in [0.1, 0.15) is 5.82 Å². The molecule has 0 radical (unpaired) electrons. The molecule has 1 aromatic rings. The molecule has 1 heterocycles. The summed E-state index contributed by atoms with van der Waals surface area (Å²) < 4.78 is 12.9. The number of hydrogen-bond donors (Lipinski definition) is 2. The van der Waals surface area contributed by atoms with E-state index < -0.39 is 0 Å². The Morgan fingerprint density at radius 3 is 2.69 bits per heavy atom. The summed E-state index contributed by atoms with van der Waals surface area (Å²) in [5, 5.41) is 3.75. The van der Waals surface area contributed by atoms with E-state index in [4.69, 9.17) is 17.3 Å². The lowest BCUT2D eigenvalue weighted by atomic mass is 9.83. The molecule has 2 rings (SSSR count). The highest BCUT2D eigenvalue weighted by molar-refractivity contribution is 6.31. The van der Waals surface area contributed by atoms with Gasteiger partial charge in [-0.1, -0.05) is 17.7 Å². The van der Waals surface area contributed by atoms with Gasteiger partial charge in [-0.05, 0) is 50.0 Å². The Morgan fingerprint density at radius 2 is 2.06 bits per heavy atom. The fourth-order valence-corrected chi connectivity index (χ4v) is 2.38. The minimum absolute atomic E-state index is 0.202. The summed E-state index contributed by atoms with van der Waals surface area (Å²) in [6, 6.07) is 4.52. The number of halogens is 2. The van der Waals surface area contributed by atoms with Crippen LogP contribution in [0.2, 0.25) is 5.02 Å². The normalized spacial score (nSPS) is 19.7. The van der Waals surface area contributed by atoms with E-state index in [0.717, 1.165) is 31.5 Å². The molecule has 0 atom stereocenters. The van der Waals surface area contributed by atoms with Crippen LogP contribution in [0, 0.1) is 5.82 Å². The van der Waals surface area contributed by atoms with Gasteiger partial charge in [0.25, 0.3) is 0 Å². The maximum atomic E-state index is 12.9. The third kappa shape index (κ3) is 2.73. The van der Waals surface area contributed by atoms with Gasteiger partial charge in [0.05, 0.1) is 0 Å². The average Bonchev–Trinajstić information content (AvgIpc) is 2.23. The van der Waals surface area contributed by atoms with Gasteiger partial charge in [0.2, 0.25) is 0 Å². The summed E-state index contributed by atoms with van der Waals surface area (Å²) in [6.07, 6.45) is 2.58. The van der Waals surface area contributed by atoms with E-state index in [0.29, 0.717) is 11.4 Å². The van der Waals surface area contributed by atoms with E-state index in [1.807, 2.05) is 0 Å². The van der Waals surface area contributed by atoms with Gasteiger partial charge in [-0.3, -0.25) is 0 Å². The van der Waals surface area contributed by atoms with Crippen molar-refractivity contribution in [3.05, 3.63) is 34.6 Å². The molecule has 0 saturated carbocycles. The monoisotopic (exact) mass is 242 g/mol. The summed E-state index contributed by atoms with van der Waals surface area (Å²) in [5.74, 6) is -0.301. The van der Waals surface area contributed by atoms with Crippen molar-refractivity contribution in [2.75, 3.05) is 13.1 Å². The Balaban J connectivity index is 2.13. The van der Waals surface area contributed by atoms with Gasteiger partial charge >= 0.3 is 0 Å². The second kappa shape index (κ2) is 4.70. The minimum atomic E-state index is -0.301. The molecule has 88 valence electrons. The van der Waals surface area contributed by atoms with Gasteiger partial charge in [0, 0.05) is 10.6 Å². The topological polar surface area (TPSA) is 38.0 Å². The Bertz CT molecular complexity index is 375. The number of piperidine rings is 1. The highest BCUT2D eigenvalue weighted by atomic mass is 35.5. The molecule has 3 N–H and O–H groups in total. The van der Waals surface area contributed by atoms with Crippen LogP contribution < -0.4 is 11.1 Å². The lowest BCUT2D eigenvalue weighted by molar-refractivity contribution is 0.308. The number of nitrogens with two attached hydrogens (primary N) is 1. The van der Waals surface area contributed by atoms with Crippen LogP contribution in [0.3, 0.4) is 0 Å². The zero-order valence-corrected chi connectivity index (χ0v) is 9.86. The van der Waals surface area contributed by atoms with Crippen LogP contribution in [0.5, 0.6) is 0 Å². The molecule has 0 amide bonds. The van der Waals surface area contributed by atoms with E-state index in [1.54, 1.807) is 6.07 Å². The van der Waals surface area contributed by atoms with E-state index in [-0.39, 0.29) is 11.4 Å². The van der Waals surface area contributed by atoms with Crippen LogP contribution in [-0.2, 0) is 6.42 Å². The molecular weight excluding hydrogens is 227 g/mol. The van der Waals surface area contributed by atoms with Gasteiger partial charge in [-0.2, -0.15) is 0 Å². The lowest BCUT2D eigenvalue weighted by Crippen LogP contribution is -2.50. The number of hydrogen-bond acceptors (Lipinski definition) is 2. The van der Waals surface area contributed by atoms with Crippen molar-refractivity contribution in [1.82, 2.24) is 5.32 Å². The molecule has 0 unspecified atom stereocenters. The van der Waals surface area contributed by atoms with E-state index in [9.17, 15) is 4.39 Å². The quantitative estimate of drug-likeness (QED) is 0.834. The van der Waals surface area contributed by atoms with Crippen molar-refractivity contribution in [3.8, 4) is 0 Å². The summed E-state index contributed by atoms with van der Waals surface area (Å²) in [7, 11) is 0. The van der Waals surface area contributed by atoms with Crippen LogP contribution in [0.25, 0.3) is 0 Å².